The minimum atomic E-state index is -1.81. The Morgan fingerprint density at radius 2 is 0.946 bits per heavy atom. The van der Waals surface area contributed by atoms with Gasteiger partial charge in [-0.15, -0.1) is 6.58 Å². The SMILES string of the molecule is C=CCn1c(=O)n(CC(O)CN2C(=O)CC(=O)N(C(N)(CCCC)CCC(C)(CCC)CC(O)Cn3c(=O)n(CCCC)c(=O)n(CC(O)CN4C(=O)N(C(C)(CC)CCC)C(=O)C(CC)(CC)C4=O)c3=O)C2=O)c(=O)n(CC(O)CC(C)(CC)CCC(C)C)c1=O. The maximum Gasteiger partial charge on any atom is 0.336 e. The van der Waals surface area contributed by atoms with E-state index in [0.29, 0.717) is 97.9 Å². The van der Waals surface area contributed by atoms with E-state index in [2.05, 4.69) is 20.4 Å². The molecule has 2 aromatic heterocycles. The number of hydrogen-bond donors (Lipinski definition) is 5. The van der Waals surface area contributed by atoms with Crippen molar-refractivity contribution in [3.63, 3.8) is 0 Å². The van der Waals surface area contributed by atoms with E-state index in [1.807, 2.05) is 55.4 Å². The van der Waals surface area contributed by atoms with Crippen molar-refractivity contribution in [2.24, 2.45) is 27.9 Å². The third-order valence-corrected chi connectivity index (χ3v) is 19.5. The summed E-state index contributed by atoms with van der Waals surface area (Å²) in [7, 11) is 0. The fraction of sp³-hybridized carbons (Fsp3) is 0.785. The van der Waals surface area contributed by atoms with Gasteiger partial charge in [0.1, 0.15) is 17.5 Å². The van der Waals surface area contributed by atoms with Crippen LogP contribution in [0.3, 0.4) is 0 Å². The highest BCUT2D eigenvalue weighted by Gasteiger charge is 2.59. The average Bonchev–Trinajstić information content (AvgIpc) is 0.739. The van der Waals surface area contributed by atoms with Crippen molar-refractivity contribution in [3.8, 4) is 0 Å². The lowest BCUT2D eigenvalue weighted by Crippen LogP contribution is -2.70. The highest BCUT2D eigenvalue weighted by atomic mass is 16.3. The van der Waals surface area contributed by atoms with Crippen molar-refractivity contribution in [1.29, 1.82) is 0 Å². The van der Waals surface area contributed by atoms with Crippen LogP contribution in [0, 0.1) is 22.2 Å². The third kappa shape index (κ3) is 17.5. The maximum atomic E-state index is 14.7. The number of carbonyl (C=O) groups is 6. The Balaban J connectivity index is 1.65. The zero-order valence-electron chi connectivity index (χ0n) is 57.2. The Morgan fingerprint density at radius 1 is 0.489 bits per heavy atom. The number of allylic oxidation sites excluding steroid dienone is 1. The first kappa shape index (κ1) is 78.0. The predicted octanol–water partition coefficient (Wildman–Crippen LogP) is 4.60. The van der Waals surface area contributed by atoms with E-state index >= 15 is 0 Å². The molecule has 0 bridgehead atoms. The third-order valence-electron chi connectivity index (χ3n) is 19.5. The number of urea groups is 2. The summed E-state index contributed by atoms with van der Waals surface area (Å²) in [6.45, 7) is 23.3. The summed E-state index contributed by atoms with van der Waals surface area (Å²) < 4.78 is 4.16. The Bertz CT molecular complexity index is 3320. The summed E-state index contributed by atoms with van der Waals surface area (Å²) in [4.78, 5) is 173. The highest BCUT2D eigenvalue weighted by molar-refractivity contribution is 6.19. The van der Waals surface area contributed by atoms with Gasteiger partial charge in [-0.25, -0.2) is 70.7 Å². The van der Waals surface area contributed by atoms with Gasteiger partial charge < -0.3 is 26.2 Å². The monoisotopic (exact) mass is 1300 g/mol. The maximum absolute atomic E-state index is 14.7. The predicted molar refractivity (Wildman–Crippen MR) is 347 cm³/mol. The number of β-amino-alcohol motifs (C(OH)–C–C–N with tert-alkyl or cyclic N) is 2. The minimum Gasteiger partial charge on any atom is -0.391 e. The van der Waals surface area contributed by atoms with Gasteiger partial charge in [0.25, 0.3) is 0 Å². The number of nitrogens with zero attached hydrogens (tertiary/aromatic N) is 10. The molecule has 2 aliphatic rings. The smallest absolute Gasteiger partial charge is 0.336 e. The number of hydrogen-bond acceptors (Lipinski definition) is 17. The Hall–Kier alpha value is -6.42. The molecule has 27 heteroatoms. The fourth-order valence-corrected chi connectivity index (χ4v) is 13.4. The fourth-order valence-electron chi connectivity index (χ4n) is 13.4. The lowest BCUT2D eigenvalue weighted by atomic mass is 9.74. The van der Waals surface area contributed by atoms with Gasteiger partial charge in [-0.1, -0.05) is 134 Å². The first-order valence-electron chi connectivity index (χ1n) is 33.5. The van der Waals surface area contributed by atoms with Crippen LogP contribution in [-0.2, 0) is 58.4 Å². The zero-order valence-corrected chi connectivity index (χ0v) is 57.2. The van der Waals surface area contributed by atoms with Crippen LogP contribution in [0.25, 0.3) is 0 Å². The van der Waals surface area contributed by atoms with E-state index < -0.39 is 162 Å². The lowest BCUT2D eigenvalue weighted by molar-refractivity contribution is -0.165. The molecule has 520 valence electrons. The lowest BCUT2D eigenvalue weighted by Gasteiger charge is -2.50. The van der Waals surface area contributed by atoms with Crippen molar-refractivity contribution in [3.05, 3.63) is 75.6 Å². The molecule has 8 amide bonds. The molecule has 0 spiro atoms. The summed E-state index contributed by atoms with van der Waals surface area (Å²) in [5.41, 5.74) is -4.97. The van der Waals surface area contributed by atoms with Crippen LogP contribution in [0.2, 0.25) is 0 Å². The van der Waals surface area contributed by atoms with Crippen molar-refractivity contribution >= 4 is 35.7 Å². The van der Waals surface area contributed by atoms with Crippen LogP contribution in [-0.4, -0.2) is 152 Å². The molecule has 2 fully saturated rings. The summed E-state index contributed by atoms with van der Waals surface area (Å²) in [5, 5.41) is 46.6. The average molecular weight is 1300 g/mol. The number of rotatable bonds is 40. The Morgan fingerprint density at radius 3 is 1.39 bits per heavy atom. The highest BCUT2D eigenvalue weighted by Crippen LogP contribution is 2.42. The van der Waals surface area contributed by atoms with Crippen molar-refractivity contribution < 1.29 is 49.2 Å². The van der Waals surface area contributed by atoms with Gasteiger partial charge in [-0.3, -0.25) is 33.9 Å². The number of barbiturate groups is 2. The van der Waals surface area contributed by atoms with Gasteiger partial charge in [0.2, 0.25) is 23.6 Å². The molecule has 0 aromatic carbocycles. The summed E-state index contributed by atoms with van der Waals surface area (Å²) in [5.74, 6) is -2.97. The molecule has 2 aliphatic heterocycles. The van der Waals surface area contributed by atoms with E-state index in [9.17, 15) is 78.0 Å². The number of unbranched alkanes of at least 4 members (excludes halogenated alkanes) is 2. The van der Waals surface area contributed by atoms with Gasteiger partial charge in [0.15, 0.2) is 0 Å². The van der Waals surface area contributed by atoms with Crippen LogP contribution in [0.5, 0.6) is 0 Å². The molecule has 8 atom stereocenters. The molecule has 92 heavy (non-hydrogen) atoms. The quantitative estimate of drug-likeness (QED) is 0.0450. The van der Waals surface area contributed by atoms with E-state index in [1.165, 1.54) is 6.08 Å². The van der Waals surface area contributed by atoms with E-state index in [4.69, 9.17) is 5.73 Å². The number of imide groups is 4. The molecule has 27 nitrogen and oxygen atoms in total. The van der Waals surface area contributed by atoms with Gasteiger partial charge in [-0.2, -0.15) is 0 Å². The Kier molecular flexibility index (Phi) is 28.1. The molecule has 4 rings (SSSR count). The van der Waals surface area contributed by atoms with Crippen LogP contribution >= 0.6 is 0 Å². The first-order valence-corrected chi connectivity index (χ1v) is 33.5. The van der Waals surface area contributed by atoms with Gasteiger partial charge in [0.05, 0.1) is 70.2 Å². The second kappa shape index (κ2) is 33.1. The number of aliphatic hydroxyl groups is 4. The van der Waals surface area contributed by atoms with Gasteiger partial charge in [0, 0.05) is 12.1 Å². The topological polar surface area (TPSA) is 354 Å². The molecule has 8 unspecified atom stereocenters. The van der Waals surface area contributed by atoms with Gasteiger partial charge in [-0.05, 0) is 101 Å². The summed E-state index contributed by atoms with van der Waals surface area (Å²) >= 11 is 0. The molecule has 0 radical (unpaired) electrons. The summed E-state index contributed by atoms with van der Waals surface area (Å²) in [6, 6.07) is -2.11. The Labute approximate surface area is 539 Å². The van der Waals surface area contributed by atoms with E-state index in [0.717, 1.165) is 32.1 Å². The zero-order chi connectivity index (χ0) is 69.6. The largest absolute Gasteiger partial charge is 0.391 e. The standard InChI is InChI=1S/C65H109N11O16/c1-15-24-29-65(66,75-50(82)35-49(81)69(59(75)91)40-47(79)42-73-54(86)67(33-19-5)53(85)71(57(73)89)38-45(77)36-61(12,20-6)30-26-44(10)11)32-31-62(13,27-17-3)37-46(78)39-72-55(87)68(34-25-16-2)56(88)74(58(72)90)43-48(80)41-70-51(83)64(22-8,23-9)52(84)76(60(70)92)63(14,21-7)28-18-4/h19,44-48,77-80H,5,15-18,20-43,66H2,1-4,6-14H3. The summed E-state index contributed by atoms with van der Waals surface area (Å²) in [6.07, 6.45) is 1.10. The van der Waals surface area contributed by atoms with Crippen molar-refractivity contribution in [2.75, 3.05) is 13.1 Å². The van der Waals surface area contributed by atoms with E-state index in [-0.39, 0.29) is 63.5 Å². The second-order valence-corrected chi connectivity index (χ2v) is 27.4. The number of aromatic nitrogens is 6. The first-order chi connectivity index (χ1) is 43.1. The molecule has 0 aliphatic carbocycles. The van der Waals surface area contributed by atoms with Crippen LogP contribution in [0.15, 0.2) is 41.4 Å². The normalized spacial score (nSPS) is 18.9. The molecule has 0 saturated carbocycles. The number of nitrogens with two attached hydrogens (primary N) is 1. The molecule has 6 N–H and O–H groups in total. The van der Waals surface area contributed by atoms with Crippen LogP contribution in [0.4, 0.5) is 9.59 Å². The van der Waals surface area contributed by atoms with Crippen LogP contribution in [0.1, 0.15) is 218 Å². The van der Waals surface area contributed by atoms with Crippen molar-refractivity contribution in [2.45, 2.75) is 293 Å². The second-order valence-electron chi connectivity index (χ2n) is 27.4. The molecule has 4 heterocycles. The van der Waals surface area contributed by atoms with Gasteiger partial charge >= 0.3 is 46.2 Å². The number of carbonyl (C=O) groups excluding carboxylic acids is 6. The van der Waals surface area contributed by atoms with E-state index in [1.54, 1.807) is 20.8 Å². The minimum absolute atomic E-state index is 0.0443. The van der Waals surface area contributed by atoms with Crippen molar-refractivity contribution in [1.82, 2.24) is 47.0 Å². The number of amides is 8. The van der Waals surface area contributed by atoms with Crippen LogP contribution < -0.4 is 39.9 Å². The molecular formula is C65H109N11O16. The number of aliphatic hydroxyl groups excluding tert-OH is 4. The molecule has 2 aromatic rings. The molecule has 2 saturated heterocycles. The molecular weight excluding hydrogens is 1190 g/mol.